The fourth-order valence-electron chi connectivity index (χ4n) is 2.06. The minimum atomic E-state index is -0.788. The second-order valence-electron chi connectivity index (χ2n) is 5.35. The first-order valence-corrected chi connectivity index (χ1v) is 6.23. The van der Waals surface area contributed by atoms with Crippen molar-refractivity contribution in [2.24, 2.45) is 5.41 Å². The molecule has 0 spiro atoms. The fourth-order valence-corrected chi connectivity index (χ4v) is 2.24. The van der Waals surface area contributed by atoms with E-state index in [1.807, 2.05) is 20.8 Å². The highest BCUT2D eigenvalue weighted by molar-refractivity contribution is 6.30. The van der Waals surface area contributed by atoms with Gasteiger partial charge in [0.1, 0.15) is 11.9 Å². The van der Waals surface area contributed by atoms with Gasteiger partial charge in [-0.3, -0.25) is 0 Å². The molecule has 1 rings (SSSR count). The summed E-state index contributed by atoms with van der Waals surface area (Å²) in [4.78, 5) is 0. The smallest absolute Gasteiger partial charge is 0.124 e. The number of rotatable bonds is 4. The van der Waals surface area contributed by atoms with Crippen molar-refractivity contribution < 1.29 is 14.6 Å². The number of hydrogen-bond donors (Lipinski definition) is 1. The molecule has 102 valence electrons. The molecule has 0 aliphatic heterocycles. The van der Waals surface area contributed by atoms with E-state index >= 15 is 0 Å². The van der Waals surface area contributed by atoms with E-state index in [9.17, 15) is 5.11 Å². The molecule has 0 saturated heterocycles. The zero-order valence-electron chi connectivity index (χ0n) is 11.5. The van der Waals surface area contributed by atoms with Crippen molar-refractivity contribution >= 4 is 11.6 Å². The van der Waals surface area contributed by atoms with E-state index in [0.29, 0.717) is 16.3 Å². The maximum absolute atomic E-state index is 10.5. The summed E-state index contributed by atoms with van der Waals surface area (Å²) < 4.78 is 10.7. The average molecular weight is 273 g/mol. The van der Waals surface area contributed by atoms with Crippen LogP contribution in [-0.2, 0) is 4.74 Å². The molecule has 0 amide bonds. The zero-order chi connectivity index (χ0) is 13.9. The van der Waals surface area contributed by atoms with Crippen molar-refractivity contribution in [1.29, 1.82) is 0 Å². The molecular weight excluding hydrogens is 252 g/mol. The van der Waals surface area contributed by atoms with E-state index in [1.165, 1.54) is 0 Å². The SMILES string of the molecule is COc1ccc(Cl)cc1C(O)C(OC)C(C)(C)C. The minimum absolute atomic E-state index is 0.193. The van der Waals surface area contributed by atoms with Gasteiger partial charge in [-0.2, -0.15) is 0 Å². The summed E-state index contributed by atoms with van der Waals surface area (Å²) in [6.45, 7) is 6.05. The molecule has 0 radical (unpaired) electrons. The predicted octanol–water partition coefficient (Wildman–Crippen LogP) is 3.44. The third kappa shape index (κ3) is 3.37. The van der Waals surface area contributed by atoms with Crippen molar-refractivity contribution in [2.75, 3.05) is 14.2 Å². The molecule has 18 heavy (non-hydrogen) atoms. The number of benzene rings is 1. The summed E-state index contributed by atoms with van der Waals surface area (Å²) in [6.07, 6.45) is -1.13. The standard InChI is InChI=1S/C14H21ClO3/c1-14(2,3)13(18-5)12(16)10-8-9(15)6-7-11(10)17-4/h6-8,12-13,16H,1-5H3. The fraction of sp³-hybridized carbons (Fsp3) is 0.571. The molecule has 0 heterocycles. The Labute approximate surface area is 114 Å². The molecule has 1 N–H and O–H groups in total. The van der Waals surface area contributed by atoms with Crippen molar-refractivity contribution in [3.8, 4) is 5.75 Å². The Bertz CT molecular complexity index is 399. The van der Waals surface area contributed by atoms with Crippen LogP contribution in [0.2, 0.25) is 5.02 Å². The molecule has 3 nitrogen and oxygen atoms in total. The van der Waals surface area contributed by atoms with Gasteiger partial charge >= 0.3 is 0 Å². The Kier molecular flexibility index (Phi) is 5.02. The predicted molar refractivity (Wildman–Crippen MR) is 73.2 cm³/mol. The summed E-state index contributed by atoms with van der Waals surface area (Å²) in [5.41, 5.74) is 0.452. The van der Waals surface area contributed by atoms with Gasteiger partial charge in [0.2, 0.25) is 0 Å². The van der Waals surface area contributed by atoms with Crippen LogP contribution in [-0.4, -0.2) is 25.4 Å². The average Bonchev–Trinajstić information content (AvgIpc) is 2.27. The molecule has 0 aliphatic carbocycles. The monoisotopic (exact) mass is 272 g/mol. The molecule has 0 aliphatic rings. The van der Waals surface area contributed by atoms with Crippen LogP contribution in [0.4, 0.5) is 0 Å². The van der Waals surface area contributed by atoms with Crippen molar-refractivity contribution in [3.05, 3.63) is 28.8 Å². The van der Waals surface area contributed by atoms with Crippen LogP contribution < -0.4 is 4.74 Å². The number of aliphatic hydroxyl groups is 1. The van der Waals surface area contributed by atoms with Crippen LogP contribution in [0.3, 0.4) is 0 Å². The Balaban J connectivity index is 3.16. The highest BCUT2D eigenvalue weighted by Gasteiger charge is 2.33. The largest absolute Gasteiger partial charge is 0.496 e. The minimum Gasteiger partial charge on any atom is -0.496 e. The molecule has 4 heteroatoms. The Morgan fingerprint density at radius 1 is 1.22 bits per heavy atom. The lowest BCUT2D eigenvalue weighted by molar-refractivity contribution is -0.0730. The van der Waals surface area contributed by atoms with Crippen LogP contribution >= 0.6 is 11.6 Å². The van der Waals surface area contributed by atoms with Gasteiger partial charge in [-0.05, 0) is 23.6 Å². The van der Waals surface area contributed by atoms with E-state index in [-0.39, 0.29) is 11.5 Å². The number of ether oxygens (including phenoxy) is 2. The van der Waals surface area contributed by atoms with E-state index in [0.717, 1.165) is 0 Å². The lowest BCUT2D eigenvalue weighted by Gasteiger charge is -2.33. The van der Waals surface area contributed by atoms with Crippen LogP contribution in [0.1, 0.15) is 32.4 Å². The quantitative estimate of drug-likeness (QED) is 0.912. The van der Waals surface area contributed by atoms with Gasteiger partial charge in [-0.25, -0.2) is 0 Å². The summed E-state index contributed by atoms with van der Waals surface area (Å²) in [6, 6.07) is 5.19. The van der Waals surface area contributed by atoms with Gasteiger partial charge in [0, 0.05) is 17.7 Å². The lowest BCUT2D eigenvalue weighted by Crippen LogP contribution is -2.34. The van der Waals surface area contributed by atoms with E-state index < -0.39 is 6.10 Å². The first kappa shape index (κ1) is 15.3. The molecule has 0 fully saturated rings. The van der Waals surface area contributed by atoms with Crippen molar-refractivity contribution in [2.45, 2.75) is 33.0 Å². The molecule has 0 saturated carbocycles. The highest BCUT2D eigenvalue weighted by Crippen LogP contribution is 2.37. The van der Waals surface area contributed by atoms with E-state index in [4.69, 9.17) is 21.1 Å². The molecule has 0 aromatic heterocycles. The first-order chi connectivity index (χ1) is 8.31. The van der Waals surface area contributed by atoms with Gasteiger partial charge in [-0.1, -0.05) is 32.4 Å². The van der Waals surface area contributed by atoms with Crippen LogP contribution in [0.5, 0.6) is 5.75 Å². The molecular formula is C14H21ClO3. The Hall–Kier alpha value is -0.770. The second-order valence-corrected chi connectivity index (χ2v) is 5.79. The molecule has 2 atom stereocenters. The number of hydrogen-bond acceptors (Lipinski definition) is 3. The van der Waals surface area contributed by atoms with Gasteiger partial charge in [0.15, 0.2) is 0 Å². The van der Waals surface area contributed by atoms with Gasteiger partial charge in [0.05, 0.1) is 13.2 Å². The summed E-state index contributed by atoms with van der Waals surface area (Å²) in [5.74, 6) is 0.609. The van der Waals surface area contributed by atoms with Crippen LogP contribution in [0.25, 0.3) is 0 Å². The third-order valence-electron chi connectivity index (χ3n) is 2.90. The zero-order valence-corrected chi connectivity index (χ0v) is 12.3. The highest BCUT2D eigenvalue weighted by atomic mass is 35.5. The second kappa shape index (κ2) is 5.91. The van der Waals surface area contributed by atoms with Gasteiger partial charge < -0.3 is 14.6 Å². The molecule has 1 aromatic rings. The van der Waals surface area contributed by atoms with E-state index in [2.05, 4.69) is 0 Å². The topological polar surface area (TPSA) is 38.7 Å². The van der Waals surface area contributed by atoms with Gasteiger partial charge in [0.25, 0.3) is 0 Å². The summed E-state index contributed by atoms with van der Waals surface area (Å²) >= 11 is 5.97. The molecule has 0 bridgehead atoms. The third-order valence-corrected chi connectivity index (χ3v) is 3.14. The van der Waals surface area contributed by atoms with Crippen molar-refractivity contribution in [1.82, 2.24) is 0 Å². The summed E-state index contributed by atoms with van der Waals surface area (Å²) in [7, 11) is 3.16. The van der Waals surface area contributed by atoms with Crippen molar-refractivity contribution in [3.63, 3.8) is 0 Å². The maximum Gasteiger partial charge on any atom is 0.124 e. The summed E-state index contributed by atoms with van der Waals surface area (Å²) in [5, 5.41) is 11.1. The normalized spacial score (nSPS) is 15.3. The van der Waals surface area contributed by atoms with Crippen LogP contribution in [0, 0.1) is 5.41 Å². The lowest BCUT2D eigenvalue weighted by atomic mass is 9.83. The molecule has 1 aromatic carbocycles. The number of methoxy groups -OCH3 is 2. The van der Waals surface area contributed by atoms with E-state index in [1.54, 1.807) is 32.4 Å². The first-order valence-electron chi connectivity index (χ1n) is 5.85. The van der Waals surface area contributed by atoms with Gasteiger partial charge in [-0.15, -0.1) is 0 Å². The number of aliphatic hydroxyl groups excluding tert-OH is 1. The Morgan fingerprint density at radius 3 is 2.28 bits per heavy atom. The number of halogens is 1. The Morgan fingerprint density at radius 2 is 1.83 bits per heavy atom. The van der Waals surface area contributed by atoms with Crippen LogP contribution in [0.15, 0.2) is 18.2 Å². The maximum atomic E-state index is 10.5. The molecule has 2 unspecified atom stereocenters.